The maximum atomic E-state index is 12.9. The van der Waals surface area contributed by atoms with E-state index in [4.69, 9.17) is 4.74 Å². The number of hydrogen-bond acceptors (Lipinski definition) is 8. The number of aryl methyl sites for hydroxylation is 1. The number of benzene rings is 1. The number of carbonyl (C=O) groups is 1. The van der Waals surface area contributed by atoms with E-state index in [1.54, 1.807) is 31.3 Å². The Bertz CT molecular complexity index is 887. The van der Waals surface area contributed by atoms with Gasteiger partial charge in [-0.2, -0.15) is 0 Å². The summed E-state index contributed by atoms with van der Waals surface area (Å²) in [6, 6.07) is 9.39. The smallest absolute Gasteiger partial charge is 0.233 e. The second-order valence-electron chi connectivity index (χ2n) is 5.34. The number of carbonyl (C=O) groups excluding carboxylic acids is 1. The molecular formula is C16H16FN7O2S. The van der Waals surface area contributed by atoms with Gasteiger partial charge < -0.3 is 10.1 Å². The average molecular weight is 389 g/mol. The van der Waals surface area contributed by atoms with Crippen LogP contribution in [-0.2, 0) is 11.8 Å². The zero-order valence-electron chi connectivity index (χ0n) is 14.4. The molecule has 1 amide bonds. The van der Waals surface area contributed by atoms with E-state index in [-0.39, 0.29) is 24.1 Å². The number of tetrazole rings is 1. The van der Waals surface area contributed by atoms with Gasteiger partial charge in [0.1, 0.15) is 12.4 Å². The molecule has 0 spiro atoms. The SMILES string of the molecule is Cn1nnnc1SCC(=O)NCCOc1ccc(-c2ccc(F)cc2)nn1. The van der Waals surface area contributed by atoms with Crippen LogP contribution in [0.5, 0.6) is 5.88 Å². The third-order valence-corrected chi connectivity index (χ3v) is 4.38. The van der Waals surface area contributed by atoms with Crippen LogP contribution in [0, 0.1) is 5.82 Å². The summed E-state index contributed by atoms with van der Waals surface area (Å²) >= 11 is 1.24. The fourth-order valence-electron chi connectivity index (χ4n) is 2.04. The Balaban J connectivity index is 1.38. The largest absolute Gasteiger partial charge is 0.475 e. The van der Waals surface area contributed by atoms with Crippen LogP contribution in [0.4, 0.5) is 4.39 Å². The van der Waals surface area contributed by atoms with Crippen LogP contribution in [-0.4, -0.2) is 55.2 Å². The van der Waals surface area contributed by atoms with Gasteiger partial charge in [-0.05, 0) is 40.8 Å². The van der Waals surface area contributed by atoms with Gasteiger partial charge in [0, 0.05) is 18.7 Å². The highest BCUT2D eigenvalue weighted by Crippen LogP contribution is 2.18. The molecule has 1 aromatic carbocycles. The van der Waals surface area contributed by atoms with E-state index in [0.29, 0.717) is 23.3 Å². The topological polar surface area (TPSA) is 108 Å². The standard InChI is InChI=1S/C16H16FN7O2S/c1-24-16(21-22-23-24)27-10-14(25)18-8-9-26-15-7-6-13(19-20-15)11-2-4-12(17)5-3-11/h2-7H,8-10H2,1H3,(H,18,25). The number of ether oxygens (including phenoxy) is 1. The van der Waals surface area contributed by atoms with Gasteiger partial charge in [0.15, 0.2) is 0 Å². The number of nitrogens with zero attached hydrogens (tertiary/aromatic N) is 6. The average Bonchev–Trinajstić information content (AvgIpc) is 3.10. The Morgan fingerprint density at radius 2 is 2.00 bits per heavy atom. The molecule has 1 N–H and O–H groups in total. The zero-order chi connectivity index (χ0) is 19.1. The molecule has 0 aliphatic heterocycles. The quantitative estimate of drug-likeness (QED) is 0.451. The van der Waals surface area contributed by atoms with E-state index in [2.05, 4.69) is 31.0 Å². The van der Waals surface area contributed by atoms with Crippen LogP contribution in [0.1, 0.15) is 0 Å². The van der Waals surface area contributed by atoms with Crippen LogP contribution >= 0.6 is 11.8 Å². The third-order valence-electron chi connectivity index (χ3n) is 3.37. The number of thioether (sulfide) groups is 1. The van der Waals surface area contributed by atoms with Crippen LogP contribution in [0.25, 0.3) is 11.3 Å². The third kappa shape index (κ3) is 5.45. The molecule has 0 radical (unpaired) electrons. The summed E-state index contributed by atoms with van der Waals surface area (Å²) in [5.74, 6) is 0.0970. The van der Waals surface area contributed by atoms with Crippen molar-refractivity contribution >= 4 is 17.7 Å². The zero-order valence-corrected chi connectivity index (χ0v) is 15.2. The van der Waals surface area contributed by atoms with Crippen molar-refractivity contribution in [3.05, 3.63) is 42.2 Å². The van der Waals surface area contributed by atoms with Gasteiger partial charge in [-0.25, -0.2) is 9.07 Å². The minimum atomic E-state index is -0.305. The highest BCUT2D eigenvalue weighted by molar-refractivity contribution is 7.99. The predicted molar refractivity (Wildman–Crippen MR) is 95.5 cm³/mol. The Hall–Kier alpha value is -3.08. The Labute approximate surface area is 158 Å². The van der Waals surface area contributed by atoms with Crippen molar-refractivity contribution in [2.45, 2.75) is 5.16 Å². The van der Waals surface area contributed by atoms with Crippen LogP contribution in [0.3, 0.4) is 0 Å². The number of hydrogen-bond donors (Lipinski definition) is 1. The lowest BCUT2D eigenvalue weighted by molar-refractivity contribution is -0.118. The molecule has 0 atom stereocenters. The molecule has 27 heavy (non-hydrogen) atoms. The number of rotatable bonds is 8. The van der Waals surface area contributed by atoms with E-state index < -0.39 is 0 Å². The minimum Gasteiger partial charge on any atom is -0.475 e. The van der Waals surface area contributed by atoms with Crippen molar-refractivity contribution in [2.24, 2.45) is 7.05 Å². The van der Waals surface area contributed by atoms with Crippen LogP contribution in [0.15, 0.2) is 41.6 Å². The van der Waals surface area contributed by atoms with E-state index in [1.165, 1.54) is 28.6 Å². The predicted octanol–water partition coefficient (Wildman–Crippen LogP) is 1.09. The second kappa shape index (κ2) is 9.03. The van der Waals surface area contributed by atoms with Gasteiger partial charge in [-0.3, -0.25) is 4.79 Å². The van der Waals surface area contributed by atoms with E-state index >= 15 is 0 Å². The molecule has 0 unspecified atom stereocenters. The first-order valence-corrected chi connectivity index (χ1v) is 8.95. The fraction of sp³-hybridized carbons (Fsp3) is 0.250. The van der Waals surface area contributed by atoms with Crippen LogP contribution in [0.2, 0.25) is 0 Å². The van der Waals surface area contributed by atoms with E-state index in [0.717, 1.165) is 5.56 Å². The Morgan fingerprint density at radius 3 is 2.67 bits per heavy atom. The van der Waals surface area contributed by atoms with Crippen molar-refractivity contribution in [2.75, 3.05) is 18.9 Å². The molecule has 2 aromatic heterocycles. The van der Waals surface area contributed by atoms with E-state index in [1.807, 2.05) is 0 Å². The summed E-state index contributed by atoms with van der Waals surface area (Å²) in [7, 11) is 1.70. The molecule has 0 bridgehead atoms. The van der Waals surface area contributed by atoms with Crippen molar-refractivity contribution in [3.8, 4) is 17.1 Å². The van der Waals surface area contributed by atoms with Crippen molar-refractivity contribution in [1.29, 1.82) is 0 Å². The van der Waals surface area contributed by atoms with Gasteiger partial charge in [-0.15, -0.1) is 15.3 Å². The second-order valence-corrected chi connectivity index (χ2v) is 6.28. The lowest BCUT2D eigenvalue weighted by Gasteiger charge is -2.07. The Kier molecular flexibility index (Phi) is 6.26. The molecule has 140 valence electrons. The monoisotopic (exact) mass is 389 g/mol. The molecule has 0 saturated carbocycles. The van der Waals surface area contributed by atoms with Gasteiger partial charge in [0.25, 0.3) is 0 Å². The molecule has 9 nitrogen and oxygen atoms in total. The minimum absolute atomic E-state index is 0.149. The Morgan fingerprint density at radius 1 is 1.19 bits per heavy atom. The van der Waals surface area contributed by atoms with E-state index in [9.17, 15) is 9.18 Å². The first-order valence-electron chi connectivity index (χ1n) is 7.96. The maximum absolute atomic E-state index is 12.9. The molecule has 0 fully saturated rings. The van der Waals surface area contributed by atoms with Crippen molar-refractivity contribution in [3.63, 3.8) is 0 Å². The van der Waals surface area contributed by atoms with Gasteiger partial charge in [0.05, 0.1) is 18.0 Å². The molecule has 0 aliphatic carbocycles. The summed E-state index contributed by atoms with van der Waals surface area (Å²) in [6.45, 7) is 0.588. The molecular weight excluding hydrogens is 373 g/mol. The molecule has 3 rings (SSSR count). The summed E-state index contributed by atoms with van der Waals surface area (Å²) in [4.78, 5) is 11.8. The lowest BCUT2D eigenvalue weighted by atomic mass is 10.1. The number of nitrogens with one attached hydrogen (secondary N) is 1. The molecule has 11 heteroatoms. The first-order chi connectivity index (χ1) is 13.1. The molecule has 3 aromatic rings. The molecule has 0 saturated heterocycles. The van der Waals surface area contributed by atoms with Crippen molar-refractivity contribution < 1.29 is 13.9 Å². The fourth-order valence-corrected chi connectivity index (χ4v) is 2.72. The van der Waals surface area contributed by atoms with Gasteiger partial charge in [0.2, 0.25) is 16.9 Å². The maximum Gasteiger partial charge on any atom is 0.233 e. The lowest BCUT2D eigenvalue weighted by Crippen LogP contribution is -2.29. The normalized spacial score (nSPS) is 10.6. The molecule has 2 heterocycles. The number of halogens is 1. The van der Waals surface area contributed by atoms with Crippen LogP contribution < -0.4 is 10.1 Å². The summed E-state index contributed by atoms with van der Waals surface area (Å²) in [6.07, 6.45) is 0. The summed E-state index contributed by atoms with van der Waals surface area (Å²) in [5.41, 5.74) is 1.38. The summed E-state index contributed by atoms with van der Waals surface area (Å²) < 4.78 is 19.9. The number of amides is 1. The highest BCUT2D eigenvalue weighted by atomic mass is 32.2. The summed E-state index contributed by atoms with van der Waals surface area (Å²) in [5, 5.41) is 22.3. The highest BCUT2D eigenvalue weighted by Gasteiger charge is 2.07. The first kappa shape index (κ1) is 18.7. The molecule has 0 aliphatic rings. The van der Waals surface area contributed by atoms with Crippen molar-refractivity contribution in [1.82, 2.24) is 35.7 Å². The van der Waals surface area contributed by atoms with Gasteiger partial charge in [-0.1, -0.05) is 11.8 Å². The van der Waals surface area contributed by atoms with Gasteiger partial charge >= 0.3 is 0 Å². The number of aromatic nitrogens is 6.